The Labute approximate surface area is 243 Å². The van der Waals surface area contributed by atoms with Gasteiger partial charge in [-0.05, 0) is 54.4 Å². The second kappa shape index (κ2) is 13.4. The van der Waals surface area contributed by atoms with Crippen molar-refractivity contribution in [2.75, 3.05) is 25.0 Å². The van der Waals surface area contributed by atoms with E-state index >= 15 is 0 Å². The molecular weight excluding hydrogens is 585 g/mol. The van der Waals surface area contributed by atoms with Crippen LogP contribution in [0.5, 0.6) is 5.75 Å². The van der Waals surface area contributed by atoms with Crippen LogP contribution in [0.15, 0.2) is 71.6 Å². The molecule has 208 valence electrons. The van der Waals surface area contributed by atoms with Crippen LogP contribution in [0.4, 0.5) is 5.69 Å². The van der Waals surface area contributed by atoms with E-state index in [0.29, 0.717) is 10.6 Å². The van der Waals surface area contributed by atoms with Gasteiger partial charge >= 0.3 is 0 Å². The molecule has 12 heteroatoms. The van der Waals surface area contributed by atoms with Crippen molar-refractivity contribution in [2.24, 2.45) is 0 Å². The Morgan fingerprint density at radius 2 is 1.67 bits per heavy atom. The summed E-state index contributed by atoms with van der Waals surface area (Å²) in [6.45, 7) is 1.10. The van der Waals surface area contributed by atoms with Crippen LogP contribution in [0, 0.1) is 0 Å². The van der Waals surface area contributed by atoms with Crippen molar-refractivity contribution >= 4 is 62.3 Å². The zero-order valence-corrected chi connectivity index (χ0v) is 24.6. The van der Waals surface area contributed by atoms with Gasteiger partial charge in [0.2, 0.25) is 11.8 Å². The van der Waals surface area contributed by atoms with Crippen molar-refractivity contribution in [1.29, 1.82) is 0 Å². The molecule has 0 aliphatic heterocycles. The fourth-order valence-electron chi connectivity index (χ4n) is 4.01. The van der Waals surface area contributed by atoms with E-state index in [-0.39, 0.29) is 39.3 Å². The Kier molecular flexibility index (Phi) is 10.5. The highest BCUT2D eigenvalue weighted by molar-refractivity contribution is 7.92. The summed E-state index contributed by atoms with van der Waals surface area (Å²) in [6.07, 6.45) is 0.276. The Hall–Kier alpha value is -2.98. The molecular formula is C27H28Cl3N3O5S. The summed E-state index contributed by atoms with van der Waals surface area (Å²) in [5.74, 6) is -0.831. The number of rotatable bonds is 11. The van der Waals surface area contributed by atoms with E-state index in [1.165, 1.54) is 43.3 Å². The molecule has 0 bridgehead atoms. The fraction of sp³-hybridized carbons (Fsp3) is 0.259. The second-order valence-corrected chi connectivity index (χ2v) is 11.6. The molecule has 0 aliphatic carbocycles. The standard InChI is InChI=1S/C27H28Cl3N3O5S/c1-4-23(27(35)31-2)32(16-18-10-12-21(29)22(30)14-18)26(34)17-33(24-15-19(28)11-13-25(24)38-3)39(36,37)20-8-6-5-7-9-20/h5-15,23H,4,16-17H2,1-3H3,(H,31,35)/t23-/m0/s1. The minimum absolute atomic E-state index is 0.0203. The molecule has 3 rings (SSSR count). The monoisotopic (exact) mass is 611 g/mol. The van der Waals surface area contributed by atoms with E-state index in [2.05, 4.69) is 5.32 Å². The Bertz CT molecular complexity index is 1440. The first kappa shape index (κ1) is 30.6. The maximum atomic E-state index is 14.0. The van der Waals surface area contributed by atoms with E-state index in [0.717, 1.165) is 4.31 Å². The number of carbonyl (C=O) groups excluding carboxylic acids is 2. The number of ether oxygens (including phenoxy) is 1. The summed E-state index contributed by atoms with van der Waals surface area (Å²) in [4.78, 5) is 28.1. The van der Waals surface area contributed by atoms with Crippen LogP contribution in [0.1, 0.15) is 18.9 Å². The predicted octanol–water partition coefficient (Wildman–Crippen LogP) is 5.40. The third-order valence-corrected chi connectivity index (χ3v) is 8.74. The van der Waals surface area contributed by atoms with Crippen molar-refractivity contribution in [3.8, 4) is 5.75 Å². The van der Waals surface area contributed by atoms with E-state index in [1.54, 1.807) is 49.4 Å². The molecule has 0 aromatic heterocycles. The molecule has 0 spiro atoms. The van der Waals surface area contributed by atoms with Crippen LogP contribution in [0.2, 0.25) is 15.1 Å². The normalized spacial score (nSPS) is 11.9. The van der Waals surface area contributed by atoms with Crippen LogP contribution >= 0.6 is 34.8 Å². The Balaban J connectivity index is 2.13. The van der Waals surface area contributed by atoms with Gasteiger partial charge in [0.15, 0.2) is 0 Å². The third kappa shape index (κ3) is 7.16. The first-order chi connectivity index (χ1) is 18.5. The van der Waals surface area contributed by atoms with Crippen molar-refractivity contribution in [1.82, 2.24) is 10.2 Å². The van der Waals surface area contributed by atoms with Gasteiger partial charge in [-0.1, -0.05) is 66.0 Å². The lowest BCUT2D eigenvalue weighted by atomic mass is 10.1. The number of carbonyl (C=O) groups is 2. The van der Waals surface area contributed by atoms with E-state index in [9.17, 15) is 18.0 Å². The summed E-state index contributed by atoms with van der Waals surface area (Å²) in [5.41, 5.74) is 0.683. The van der Waals surface area contributed by atoms with Gasteiger partial charge in [-0.2, -0.15) is 0 Å². The van der Waals surface area contributed by atoms with Gasteiger partial charge in [-0.15, -0.1) is 0 Å². The van der Waals surface area contributed by atoms with Crippen LogP contribution in [-0.4, -0.2) is 51.9 Å². The van der Waals surface area contributed by atoms with Crippen LogP contribution < -0.4 is 14.4 Å². The number of anilines is 1. The molecule has 1 atom stereocenters. The molecule has 0 radical (unpaired) electrons. The largest absolute Gasteiger partial charge is 0.495 e. The summed E-state index contributed by atoms with van der Waals surface area (Å²) >= 11 is 18.5. The summed E-state index contributed by atoms with van der Waals surface area (Å²) in [7, 11) is -1.41. The average molecular weight is 613 g/mol. The van der Waals surface area contributed by atoms with Crippen LogP contribution in [0.3, 0.4) is 0 Å². The SMILES string of the molecule is CC[C@@H](C(=O)NC)N(Cc1ccc(Cl)c(Cl)c1)C(=O)CN(c1cc(Cl)ccc1OC)S(=O)(=O)c1ccccc1. The number of amides is 2. The first-order valence-corrected chi connectivity index (χ1v) is 14.5. The van der Waals surface area contributed by atoms with E-state index < -0.39 is 34.4 Å². The number of halogens is 3. The smallest absolute Gasteiger partial charge is 0.264 e. The number of nitrogens with one attached hydrogen (secondary N) is 1. The molecule has 0 fully saturated rings. The van der Waals surface area contributed by atoms with Crippen LogP contribution in [-0.2, 0) is 26.2 Å². The van der Waals surface area contributed by atoms with Gasteiger partial charge in [0.25, 0.3) is 10.0 Å². The predicted molar refractivity (Wildman–Crippen MR) is 154 cm³/mol. The highest BCUT2D eigenvalue weighted by Gasteiger charge is 2.34. The van der Waals surface area contributed by atoms with Gasteiger partial charge in [0, 0.05) is 18.6 Å². The molecule has 39 heavy (non-hydrogen) atoms. The molecule has 0 saturated heterocycles. The number of methoxy groups -OCH3 is 1. The third-order valence-electron chi connectivity index (χ3n) is 5.99. The lowest BCUT2D eigenvalue weighted by Crippen LogP contribution is -2.51. The maximum Gasteiger partial charge on any atom is 0.264 e. The zero-order valence-electron chi connectivity index (χ0n) is 21.5. The van der Waals surface area contributed by atoms with E-state index in [4.69, 9.17) is 39.5 Å². The lowest BCUT2D eigenvalue weighted by molar-refractivity contribution is -0.140. The number of likely N-dealkylation sites (N-methyl/N-ethyl adjacent to an activating group) is 1. The summed E-state index contributed by atoms with van der Waals surface area (Å²) < 4.78 is 34.1. The average Bonchev–Trinajstić information content (AvgIpc) is 2.93. The number of benzene rings is 3. The highest BCUT2D eigenvalue weighted by atomic mass is 35.5. The van der Waals surface area contributed by atoms with E-state index in [1.807, 2.05) is 0 Å². The minimum atomic E-state index is -4.27. The van der Waals surface area contributed by atoms with Crippen molar-refractivity contribution in [2.45, 2.75) is 30.8 Å². The maximum absolute atomic E-state index is 14.0. The molecule has 0 heterocycles. The number of hydrogen-bond acceptors (Lipinski definition) is 5. The summed E-state index contributed by atoms with van der Waals surface area (Å²) in [5, 5.41) is 3.44. The Morgan fingerprint density at radius 3 is 2.26 bits per heavy atom. The number of nitrogens with zero attached hydrogens (tertiary/aromatic N) is 2. The van der Waals surface area contributed by atoms with Crippen molar-refractivity contribution in [3.63, 3.8) is 0 Å². The lowest BCUT2D eigenvalue weighted by Gasteiger charge is -2.33. The van der Waals surface area contributed by atoms with Crippen molar-refractivity contribution < 1.29 is 22.7 Å². The molecule has 1 N–H and O–H groups in total. The minimum Gasteiger partial charge on any atom is -0.495 e. The van der Waals surface area contributed by atoms with Gasteiger partial charge in [0.05, 0.1) is 27.7 Å². The molecule has 2 amide bonds. The quantitative estimate of drug-likeness (QED) is 0.313. The molecule has 0 unspecified atom stereocenters. The number of hydrogen-bond donors (Lipinski definition) is 1. The van der Waals surface area contributed by atoms with Gasteiger partial charge in [-0.25, -0.2) is 8.42 Å². The topological polar surface area (TPSA) is 96.0 Å². The Morgan fingerprint density at radius 1 is 0.974 bits per heavy atom. The highest BCUT2D eigenvalue weighted by Crippen LogP contribution is 2.35. The molecule has 3 aromatic carbocycles. The molecule has 8 nitrogen and oxygen atoms in total. The fourth-order valence-corrected chi connectivity index (χ4v) is 5.94. The number of sulfonamides is 1. The molecule has 0 aliphatic rings. The van der Waals surface area contributed by atoms with Gasteiger partial charge in [0.1, 0.15) is 18.3 Å². The van der Waals surface area contributed by atoms with Gasteiger partial charge < -0.3 is 15.0 Å². The van der Waals surface area contributed by atoms with Crippen LogP contribution in [0.25, 0.3) is 0 Å². The molecule has 0 saturated carbocycles. The summed E-state index contributed by atoms with van der Waals surface area (Å²) in [6, 6.07) is 16.2. The van der Waals surface area contributed by atoms with Crippen molar-refractivity contribution in [3.05, 3.63) is 87.4 Å². The molecule has 3 aromatic rings. The first-order valence-electron chi connectivity index (χ1n) is 11.9. The van der Waals surface area contributed by atoms with Gasteiger partial charge in [-0.3, -0.25) is 13.9 Å². The second-order valence-electron chi connectivity index (χ2n) is 8.45. The zero-order chi connectivity index (χ0) is 28.7.